The molecule has 0 aromatic carbocycles. The third kappa shape index (κ3) is 3.78. The Morgan fingerprint density at radius 3 is 2.19 bits per heavy atom. The minimum absolute atomic E-state index is 0.0680. The number of hydrogen-bond donors (Lipinski definition) is 1. The van der Waals surface area contributed by atoms with Crippen LogP contribution in [0.3, 0.4) is 0 Å². The summed E-state index contributed by atoms with van der Waals surface area (Å²) < 4.78 is 0. The van der Waals surface area contributed by atoms with E-state index in [1.807, 2.05) is 4.90 Å². The second-order valence-corrected chi connectivity index (χ2v) is 7.34. The molecule has 2 aliphatic rings. The Bertz CT molecular complexity index is 383. The molecule has 21 heavy (non-hydrogen) atoms. The van der Waals surface area contributed by atoms with Gasteiger partial charge in [-0.15, -0.1) is 0 Å². The van der Waals surface area contributed by atoms with Crippen molar-refractivity contribution < 1.29 is 14.7 Å². The molecule has 4 nitrogen and oxygen atoms in total. The molecule has 1 saturated heterocycles. The molecule has 2 rings (SSSR count). The lowest BCUT2D eigenvalue weighted by Gasteiger charge is -2.40. The smallest absolute Gasteiger partial charge is 0.309 e. The Hall–Kier alpha value is -1.06. The molecule has 1 saturated carbocycles. The van der Waals surface area contributed by atoms with Crippen molar-refractivity contribution >= 4 is 11.9 Å². The van der Waals surface area contributed by atoms with Crippen molar-refractivity contribution in [3.05, 3.63) is 0 Å². The fraction of sp³-hybridized carbons (Fsp3) is 0.882. The van der Waals surface area contributed by atoms with E-state index in [0.717, 1.165) is 45.1 Å². The zero-order chi connectivity index (χ0) is 15.5. The number of carbonyl (C=O) groups excluding carboxylic acids is 1. The normalized spacial score (nSPS) is 25.4. The standard InChI is InChI=1S/C17H29NO3/c1-17(2,16(20)21)14-10-7-11-18(12-14)15(19)13-8-5-3-4-6-9-13/h13-14H,3-12H2,1-2H3,(H,20,21)/t14-/m1/s1. The van der Waals surface area contributed by atoms with Crippen LogP contribution in [0.4, 0.5) is 0 Å². The van der Waals surface area contributed by atoms with Crippen LogP contribution >= 0.6 is 0 Å². The molecule has 4 heteroatoms. The van der Waals surface area contributed by atoms with Gasteiger partial charge in [-0.2, -0.15) is 0 Å². The number of carboxylic acids is 1. The number of piperidine rings is 1. The van der Waals surface area contributed by atoms with Gasteiger partial charge in [-0.25, -0.2) is 0 Å². The number of carbonyl (C=O) groups is 2. The van der Waals surface area contributed by atoms with Crippen LogP contribution in [0.5, 0.6) is 0 Å². The molecule has 120 valence electrons. The third-order valence-corrected chi connectivity index (χ3v) is 5.51. The Kier molecular flexibility index (Phi) is 5.28. The van der Waals surface area contributed by atoms with E-state index >= 15 is 0 Å². The molecular formula is C17H29NO3. The first-order chi connectivity index (χ1) is 9.93. The van der Waals surface area contributed by atoms with Gasteiger partial charge in [0.1, 0.15) is 0 Å². The molecular weight excluding hydrogens is 266 g/mol. The SMILES string of the molecule is CC(C)(C(=O)O)[C@@H]1CCCN(C(=O)C2CCCCCC2)C1. The third-order valence-electron chi connectivity index (χ3n) is 5.51. The summed E-state index contributed by atoms with van der Waals surface area (Å²) in [7, 11) is 0. The maximum atomic E-state index is 12.7. The second kappa shape index (κ2) is 6.80. The van der Waals surface area contributed by atoms with E-state index in [1.165, 1.54) is 12.8 Å². The van der Waals surface area contributed by atoms with Gasteiger partial charge in [-0.1, -0.05) is 25.7 Å². The van der Waals surface area contributed by atoms with Gasteiger partial charge in [0, 0.05) is 19.0 Å². The Labute approximate surface area is 127 Å². The van der Waals surface area contributed by atoms with Crippen molar-refractivity contribution in [1.82, 2.24) is 4.90 Å². The molecule has 0 aromatic rings. The van der Waals surface area contributed by atoms with Gasteiger partial charge >= 0.3 is 5.97 Å². The minimum atomic E-state index is -0.753. The van der Waals surface area contributed by atoms with E-state index in [0.29, 0.717) is 6.54 Å². The fourth-order valence-electron chi connectivity index (χ4n) is 3.73. The summed E-state index contributed by atoms with van der Waals surface area (Å²) in [4.78, 5) is 26.1. The zero-order valence-electron chi connectivity index (χ0n) is 13.4. The van der Waals surface area contributed by atoms with E-state index in [4.69, 9.17) is 0 Å². The van der Waals surface area contributed by atoms with Crippen LogP contribution in [0, 0.1) is 17.3 Å². The highest BCUT2D eigenvalue weighted by Crippen LogP contribution is 2.35. The highest BCUT2D eigenvalue weighted by Gasteiger charge is 2.40. The summed E-state index contributed by atoms with van der Waals surface area (Å²) in [5, 5.41) is 9.40. The van der Waals surface area contributed by atoms with Crippen LogP contribution in [-0.2, 0) is 9.59 Å². The van der Waals surface area contributed by atoms with Crippen LogP contribution < -0.4 is 0 Å². The zero-order valence-corrected chi connectivity index (χ0v) is 13.4. The van der Waals surface area contributed by atoms with Gasteiger partial charge < -0.3 is 10.0 Å². The van der Waals surface area contributed by atoms with Crippen molar-refractivity contribution in [3.63, 3.8) is 0 Å². The van der Waals surface area contributed by atoms with Crippen molar-refractivity contribution in [2.45, 2.75) is 65.2 Å². The average molecular weight is 295 g/mol. The van der Waals surface area contributed by atoms with Crippen LogP contribution in [0.25, 0.3) is 0 Å². The first kappa shape index (κ1) is 16.3. The molecule has 0 bridgehead atoms. The minimum Gasteiger partial charge on any atom is -0.481 e. The molecule has 1 amide bonds. The number of likely N-dealkylation sites (tertiary alicyclic amines) is 1. The lowest BCUT2D eigenvalue weighted by atomic mass is 9.74. The molecule has 1 aliphatic heterocycles. The lowest BCUT2D eigenvalue weighted by Crippen LogP contribution is -2.48. The van der Waals surface area contributed by atoms with Crippen LogP contribution in [0.1, 0.15) is 65.2 Å². The molecule has 0 aromatic heterocycles. The van der Waals surface area contributed by atoms with Crippen LogP contribution in [0.2, 0.25) is 0 Å². The maximum absolute atomic E-state index is 12.7. The molecule has 2 fully saturated rings. The quantitative estimate of drug-likeness (QED) is 0.813. The Balaban J connectivity index is 1.99. The van der Waals surface area contributed by atoms with E-state index in [9.17, 15) is 14.7 Å². The second-order valence-electron chi connectivity index (χ2n) is 7.34. The largest absolute Gasteiger partial charge is 0.481 e. The monoisotopic (exact) mass is 295 g/mol. The average Bonchev–Trinajstić information content (AvgIpc) is 2.75. The van der Waals surface area contributed by atoms with Gasteiger partial charge in [0.15, 0.2) is 0 Å². The van der Waals surface area contributed by atoms with E-state index in [2.05, 4.69) is 0 Å². The number of rotatable bonds is 3. The highest BCUT2D eigenvalue weighted by atomic mass is 16.4. The predicted molar refractivity (Wildman–Crippen MR) is 81.9 cm³/mol. The molecule has 1 atom stereocenters. The first-order valence-electron chi connectivity index (χ1n) is 8.45. The molecule has 0 radical (unpaired) electrons. The number of hydrogen-bond acceptors (Lipinski definition) is 2. The number of nitrogens with zero attached hydrogens (tertiary/aromatic N) is 1. The summed E-state index contributed by atoms with van der Waals surface area (Å²) in [6.45, 7) is 5.01. The summed E-state index contributed by atoms with van der Waals surface area (Å²) in [6.07, 6.45) is 8.69. The first-order valence-corrected chi connectivity index (χ1v) is 8.45. The van der Waals surface area contributed by atoms with Crippen molar-refractivity contribution in [3.8, 4) is 0 Å². The van der Waals surface area contributed by atoms with E-state index in [-0.39, 0.29) is 17.7 Å². The van der Waals surface area contributed by atoms with Gasteiger partial charge in [0.25, 0.3) is 0 Å². The maximum Gasteiger partial charge on any atom is 0.309 e. The predicted octanol–water partition coefficient (Wildman–Crippen LogP) is 3.31. The van der Waals surface area contributed by atoms with Crippen molar-refractivity contribution in [1.29, 1.82) is 0 Å². The topological polar surface area (TPSA) is 57.6 Å². The molecule has 1 aliphatic carbocycles. The van der Waals surface area contributed by atoms with Crippen molar-refractivity contribution in [2.75, 3.05) is 13.1 Å². The summed E-state index contributed by atoms with van der Waals surface area (Å²) in [5.41, 5.74) is -0.748. The molecule has 0 unspecified atom stereocenters. The summed E-state index contributed by atoms with van der Waals surface area (Å²) >= 11 is 0. The number of aliphatic carboxylic acids is 1. The number of carboxylic acid groups (broad SMARTS) is 1. The van der Waals surface area contributed by atoms with Crippen LogP contribution in [-0.4, -0.2) is 35.0 Å². The Morgan fingerprint density at radius 2 is 1.62 bits per heavy atom. The fourth-order valence-corrected chi connectivity index (χ4v) is 3.73. The lowest BCUT2D eigenvalue weighted by molar-refractivity contribution is -0.153. The molecule has 1 N–H and O–H groups in total. The Morgan fingerprint density at radius 1 is 1.00 bits per heavy atom. The highest BCUT2D eigenvalue weighted by molar-refractivity contribution is 5.79. The van der Waals surface area contributed by atoms with E-state index < -0.39 is 11.4 Å². The van der Waals surface area contributed by atoms with Crippen molar-refractivity contribution in [2.24, 2.45) is 17.3 Å². The molecule has 1 heterocycles. The van der Waals surface area contributed by atoms with E-state index in [1.54, 1.807) is 13.8 Å². The van der Waals surface area contributed by atoms with Gasteiger partial charge in [-0.05, 0) is 45.4 Å². The van der Waals surface area contributed by atoms with Crippen LogP contribution in [0.15, 0.2) is 0 Å². The van der Waals surface area contributed by atoms with Gasteiger partial charge in [-0.3, -0.25) is 9.59 Å². The number of amides is 1. The summed E-state index contributed by atoms with van der Waals surface area (Å²) in [5.74, 6) is -0.225. The van der Waals surface area contributed by atoms with Gasteiger partial charge in [0.05, 0.1) is 5.41 Å². The molecule has 0 spiro atoms. The summed E-state index contributed by atoms with van der Waals surface area (Å²) in [6, 6.07) is 0. The van der Waals surface area contributed by atoms with Gasteiger partial charge in [0.2, 0.25) is 5.91 Å².